The summed E-state index contributed by atoms with van der Waals surface area (Å²) in [6.45, 7) is 3.34. The van der Waals surface area contributed by atoms with Crippen LogP contribution in [0.2, 0.25) is 10.0 Å². The molecule has 4 aromatic rings. The normalized spacial score (nSPS) is 11.9. The van der Waals surface area contributed by atoms with Gasteiger partial charge in [-0.3, -0.25) is 13.9 Å². The monoisotopic (exact) mass is 637 g/mol. The van der Waals surface area contributed by atoms with E-state index in [2.05, 4.69) is 5.32 Å². The molecule has 224 valence electrons. The van der Waals surface area contributed by atoms with Crippen molar-refractivity contribution >= 4 is 50.7 Å². The zero-order valence-electron chi connectivity index (χ0n) is 23.9. The van der Waals surface area contributed by atoms with E-state index in [1.54, 1.807) is 74.5 Å². The molecule has 4 rings (SSSR count). The molecule has 1 N–H and O–H groups in total. The Balaban J connectivity index is 1.82. The van der Waals surface area contributed by atoms with E-state index in [-0.39, 0.29) is 23.8 Å². The molecule has 0 aromatic heterocycles. The molecule has 7 nitrogen and oxygen atoms in total. The maximum atomic E-state index is 14.4. The number of carbonyl (C=O) groups is 2. The van der Waals surface area contributed by atoms with Crippen LogP contribution in [0.4, 0.5) is 5.69 Å². The summed E-state index contributed by atoms with van der Waals surface area (Å²) < 4.78 is 29.2. The van der Waals surface area contributed by atoms with E-state index in [9.17, 15) is 18.0 Å². The number of aryl methyl sites for hydroxylation is 1. The number of anilines is 1. The molecule has 2 amide bonds. The van der Waals surface area contributed by atoms with Crippen molar-refractivity contribution in [2.75, 3.05) is 17.4 Å². The second kappa shape index (κ2) is 14.6. The van der Waals surface area contributed by atoms with Gasteiger partial charge < -0.3 is 10.2 Å². The van der Waals surface area contributed by atoms with Crippen molar-refractivity contribution in [1.29, 1.82) is 0 Å². The zero-order chi connectivity index (χ0) is 31.0. The van der Waals surface area contributed by atoms with Crippen molar-refractivity contribution in [3.63, 3.8) is 0 Å². The first kappa shape index (κ1) is 32.1. The van der Waals surface area contributed by atoms with E-state index in [0.29, 0.717) is 33.4 Å². The third-order valence-electron chi connectivity index (χ3n) is 6.97. The van der Waals surface area contributed by atoms with Crippen LogP contribution in [0.25, 0.3) is 0 Å². The number of nitrogens with zero attached hydrogens (tertiary/aromatic N) is 2. The van der Waals surface area contributed by atoms with Gasteiger partial charge in [-0.2, -0.15) is 0 Å². The van der Waals surface area contributed by atoms with E-state index in [4.69, 9.17) is 23.2 Å². The summed E-state index contributed by atoms with van der Waals surface area (Å²) in [7, 11) is -4.17. The topological polar surface area (TPSA) is 86.8 Å². The Kier molecular flexibility index (Phi) is 10.9. The molecule has 0 saturated carbocycles. The van der Waals surface area contributed by atoms with Gasteiger partial charge in [0, 0.05) is 29.6 Å². The lowest BCUT2D eigenvalue weighted by Gasteiger charge is -2.34. The van der Waals surface area contributed by atoms with Crippen LogP contribution in [0.15, 0.2) is 108 Å². The van der Waals surface area contributed by atoms with E-state index in [1.807, 2.05) is 30.3 Å². The number of amides is 2. The predicted octanol–water partition coefficient (Wildman–Crippen LogP) is 6.27. The maximum Gasteiger partial charge on any atom is 0.264 e. The summed E-state index contributed by atoms with van der Waals surface area (Å²) in [5, 5.41) is 3.60. The van der Waals surface area contributed by atoms with Crippen molar-refractivity contribution in [3.8, 4) is 0 Å². The highest BCUT2D eigenvalue weighted by molar-refractivity contribution is 7.92. The summed E-state index contributed by atoms with van der Waals surface area (Å²) in [6.07, 6.45) is 0.208. The third-order valence-corrected chi connectivity index (χ3v) is 9.33. The molecular weight excluding hydrogens is 605 g/mol. The molecule has 0 unspecified atom stereocenters. The van der Waals surface area contributed by atoms with Gasteiger partial charge >= 0.3 is 0 Å². The molecule has 0 radical (unpaired) electrons. The van der Waals surface area contributed by atoms with Crippen LogP contribution in [-0.4, -0.2) is 44.3 Å². The van der Waals surface area contributed by atoms with E-state index in [0.717, 1.165) is 9.87 Å². The number of nitrogens with one attached hydrogen (secondary N) is 1. The molecule has 0 saturated heterocycles. The Labute approximate surface area is 263 Å². The van der Waals surface area contributed by atoms with Gasteiger partial charge in [0.2, 0.25) is 11.8 Å². The van der Waals surface area contributed by atoms with Gasteiger partial charge in [-0.05, 0) is 60.9 Å². The van der Waals surface area contributed by atoms with Crippen LogP contribution in [0.5, 0.6) is 0 Å². The number of benzene rings is 4. The lowest BCUT2D eigenvalue weighted by molar-refractivity contribution is -0.140. The van der Waals surface area contributed by atoms with Crippen LogP contribution in [0, 0.1) is 6.92 Å². The Morgan fingerprint density at radius 1 is 0.860 bits per heavy atom. The first-order valence-electron chi connectivity index (χ1n) is 13.8. The molecule has 0 bridgehead atoms. The number of halogens is 2. The maximum absolute atomic E-state index is 14.4. The predicted molar refractivity (Wildman–Crippen MR) is 172 cm³/mol. The highest BCUT2D eigenvalue weighted by atomic mass is 35.5. The minimum Gasteiger partial charge on any atom is -0.355 e. The Bertz CT molecular complexity index is 1670. The minimum atomic E-state index is -4.17. The number of hydrogen-bond acceptors (Lipinski definition) is 4. The Hall–Kier alpha value is -3.85. The number of likely N-dealkylation sites (N-methyl/N-ethyl adjacent to an activating group) is 1. The van der Waals surface area contributed by atoms with Crippen LogP contribution >= 0.6 is 23.2 Å². The number of sulfonamides is 1. The molecule has 0 aliphatic carbocycles. The van der Waals surface area contributed by atoms with Crippen LogP contribution < -0.4 is 9.62 Å². The van der Waals surface area contributed by atoms with Gasteiger partial charge in [0.1, 0.15) is 12.6 Å². The van der Waals surface area contributed by atoms with Crippen molar-refractivity contribution in [1.82, 2.24) is 10.2 Å². The zero-order valence-corrected chi connectivity index (χ0v) is 26.2. The van der Waals surface area contributed by atoms with Gasteiger partial charge in [0.25, 0.3) is 10.0 Å². The minimum absolute atomic E-state index is 0.0444. The van der Waals surface area contributed by atoms with Gasteiger partial charge in [0.05, 0.1) is 10.6 Å². The average molecular weight is 639 g/mol. The highest BCUT2D eigenvalue weighted by Gasteiger charge is 2.35. The van der Waals surface area contributed by atoms with Crippen molar-refractivity contribution in [2.24, 2.45) is 0 Å². The summed E-state index contributed by atoms with van der Waals surface area (Å²) in [5.41, 5.74) is 2.44. The van der Waals surface area contributed by atoms with Crippen LogP contribution in [0.3, 0.4) is 0 Å². The van der Waals surface area contributed by atoms with Gasteiger partial charge in [-0.25, -0.2) is 8.42 Å². The number of hydrogen-bond donors (Lipinski definition) is 1. The molecule has 0 spiro atoms. The fourth-order valence-corrected chi connectivity index (χ4v) is 6.72. The smallest absolute Gasteiger partial charge is 0.264 e. The Morgan fingerprint density at radius 3 is 2.12 bits per heavy atom. The van der Waals surface area contributed by atoms with Crippen molar-refractivity contribution in [2.45, 2.75) is 37.8 Å². The van der Waals surface area contributed by atoms with Crippen LogP contribution in [0.1, 0.15) is 23.6 Å². The highest BCUT2D eigenvalue weighted by Crippen LogP contribution is 2.28. The molecular formula is C33H33Cl2N3O4S. The molecule has 43 heavy (non-hydrogen) atoms. The second-order valence-corrected chi connectivity index (χ2v) is 12.7. The third kappa shape index (κ3) is 7.96. The standard InChI is InChI=1S/C33H33Cl2N3O4S/c1-3-36-33(40)31(20-25-13-6-4-7-14-25)37(22-26-18-19-27(34)21-29(26)35)32(39)23-38(30-17-11-10-12-24(30)2)43(41,42)28-15-8-5-9-16-28/h4-19,21,31H,3,20,22-23H2,1-2H3,(H,36,40)/t31-/m1/s1. The van der Waals surface area contributed by atoms with Gasteiger partial charge in [-0.15, -0.1) is 0 Å². The van der Waals surface area contributed by atoms with Crippen LogP contribution in [-0.2, 0) is 32.6 Å². The second-order valence-electron chi connectivity index (χ2n) is 9.97. The quantitative estimate of drug-likeness (QED) is 0.198. The molecule has 1 atom stereocenters. The fourth-order valence-electron chi connectivity index (χ4n) is 4.76. The summed E-state index contributed by atoms with van der Waals surface area (Å²) in [4.78, 5) is 29.4. The summed E-state index contributed by atoms with van der Waals surface area (Å²) >= 11 is 12.7. The molecule has 0 aliphatic rings. The van der Waals surface area contributed by atoms with E-state index in [1.165, 1.54) is 17.0 Å². The fraction of sp³-hybridized carbons (Fsp3) is 0.212. The summed E-state index contributed by atoms with van der Waals surface area (Å²) in [6, 6.07) is 28.2. The lowest BCUT2D eigenvalue weighted by Crippen LogP contribution is -2.53. The van der Waals surface area contributed by atoms with Gasteiger partial charge in [-0.1, -0.05) is 96.0 Å². The number of carbonyl (C=O) groups excluding carboxylic acids is 2. The first-order chi connectivity index (χ1) is 20.6. The average Bonchev–Trinajstić information content (AvgIpc) is 3.00. The number of rotatable bonds is 12. The lowest BCUT2D eigenvalue weighted by atomic mass is 10.0. The molecule has 0 heterocycles. The first-order valence-corrected chi connectivity index (χ1v) is 16.0. The van der Waals surface area contributed by atoms with Crippen molar-refractivity contribution in [3.05, 3.63) is 130 Å². The molecule has 0 aliphatic heterocycles. The Morgan fingerprint density at radius 2 is 1.49 bits per heavy atom. The largest absolute Gasteiger partial charge is 0.355 e. The van der Waals surface area contributed by atoms with E-state index >= 15 is 0 Å². The van der Waals surface area contributed by atoms with Crippen molar-refractivity contribution < 1.29 is 18.0 Å². The summed E-state index contributed by atoms with van der Waals surface area (Å²) in [5.74, 6) is -0.931. The number of para-hydroxylation sites is 1. The van der Waals surface area contributed by atoms with E-state index < -0.39 is 28.5 Å². The van der Waals surface area contributed by atoms with Gasteiger partial charge in [0.15, 0.2) is 0 Å². The molecule has 4 aromatic carbocycles. The molecule has 0 fully saturated rings. The molecule has 10 heteroatoms. The SMILES string of the molecule is CCNC(=O)[C@@H](Cc1ccccc1)N(Cc1ccc(Cl)cc1Cl)C(=O)CN(c1ccccc1C)S(=O)(=O)c1ccccc1.